The molecule has 0 saturated heterocycles. The van der Waals surface area contributed by atoms with Gasteiger partial charge in [-0.2, -0.15) is 0 Å². The Balaban J connectivity index is 2.00. The van der Waals surface area contributed by atoms with E-state index in [2.05, 4.69) is 25.5 Å². The molecule has 1 N–H and O–H groups in total. The van der Waals surface area contributed by atoms with Gasteiger partial charge < -0.3 is 0 Å². The van der Waals surface area contributed by atoms with Crippen molar-refractivity contribution < 1.29 is 4.79 Å². The lowest BCUT2D eigenvalue weighted by atomic mass is 10.2. The quantitative estimate of drug-likeness (QED) is 0.479. The number of carbonyl (C=O) groups is 1. The van der Waals surface area contributed by atoms with E-state index >= 15 is 0 Å². The largest absolute Gasteiger partial charge is 0.332 e. The average molecular weight is 422 g/mol. The molecule has 3 heterocycles. The van der Waals surface area contributed by atoms with Crippen molar-refractivity contribution in [3.63, 3.8) is 0 Å². The first-order chi connectivity index (χ1) is 13.2. The summed E-state index contributed by atoms with van der Waals surface area (Å²) in [6, 6.07) is 0. The van der Waals surface area contributed by atoms with Crippen LogP contribution in [0.1, 0.15) is 30.6 Å². The van der Waals surface area contributed by atoms with Gasteiger partial charge in [-0.25, -0.2) is 14.8 Å². The van der Waals surface area contributed by atoms with E-state index in [0.717, 1.165) is 21.3 Å². The maximum absolute atomic E-state index is 12.7. The molecule has 12 heteroatoms. The van der Waals surface area contributed by atoms with Crippen LogP contribution in [0.4, 0.5) is 5.13 Å². The normalized spacial score (nSPS) is 11.4. The molecule has 1 amide bonds. The number of thioether (sulfide) groups is 1. The van der Waals surface area contributed by atoms with E-state index in [0.29, 0.717) is 16.0 Å². The van der Waals surface area contributed by atoms with Crippen LogP contribution in [0.15, 0.2) is 14.6 Å². The van der Waals surface area contributed by atoms with Gasteiger partial charge in [0.05, 0.1) is 5.75 Å². The van der Waals surface area contributed by atoms with Crippen LogP contribution >= 0.6 is 23.1 Å². The first-order valence-corrected chi connectivity index (χ1v) is 10.2. The molecule has 3 aromatic heterocycles. The molecule has 0 aliphatic carbocycles. The molecular formula is C16H19N7O3S2. The summed E-state index contributed by atoms with van der Waals surface area (Å²) in [5.41, 5.74) is -0.697. The highest BCUT2D eigenvalue weighted by Crippen LogP contribution is 2.25. The zero-order chi connectivity index (χ0) is 20.6. The molecule has 10 nitrogen and oxygen atoms in total. The van der Waals surface area contributed by atoms with Gasteiger partial charge >= 0.3 is 5.69 Å². The van der Waals surface area contributed by atoms with Crippen LogP contribution in [0.2, 0.25) is 0 Å². The Labute approximate surface area is 168 Å². The van der Waals surface area contributed by atoms with E-state index in [-0.39, 0.29) is 28.6 Å². The van der Waals surface area contributed by atoms with Crippen molar-refractivity contribution in [2.75, 3.05) is 11.1 Å². The third-order valence-corrected chi connectivity index (χ3v) is 5.64. The third-order valence-electron chi connectivity index (χ3n) is 3.91. The van der Waals surface area contributed by atoms with Crippen LogP contribution < -0.4 is 16.6 Å². The molecule has 0 unspecified atom stereocenters. The number of aryl methyl sites for hydroxylation is 2. The molecule has 3 rings (SSSR count). The topological polar surface area (TPSA) is 125 Å². The number of hydrogen-bond donors (Lipinski definition) is 1. The van der Waals surface area contributed by atoms with Crippen LogP contribution in [0.3, 0.4) is 0 Å². The number of anilines is 1. The summed E-state index contributed by atoms with van der Waals surface area (Å²) in [7, 11) is 2.96. The Morgan fingerprint density at radius 3 is 2.50 bits per heavy atom. The average Bonchev–Trinajstić information content (AvgIpc) is 3.06. The minimum atomic E-state index is -0.490. The van der Waals surface area contributed by atoms with E-state index in [1.54, 1.807) is 14.0 Å². The van der Waals surface area contributed by atoms with E-state index in [9.17, 15) is 14.4 Å². The lowest BCUT2D eigenvalue weighted by Gasteiger charge is -2.13. The smallest absolute Gasteiger partial charge is 0.300 e. The van der Waals surface area contributed by atoms with Gasteiger partial charge in [-0.1, -0.05) is 36.9 Å². The fourth-order valence-corrected chi connectivity index (χ4v) is 3.87. The van der Waals surface area contributed by atoms with Crippen molar-refractivity contribution in [1.29, 1.82) is 0 Å². The molecule has 0 aliphatic rings. The summed E-state index contributed by atoms with van der Waals surface area (Å²) < 4.78 is 2.33. The van der Waals surface area contributed by atoms with Gasteiger partial charge in [-0.05, 0) is 6.92 Å². The van der Waals surface area contributed by atoms with Gasteiger partial charge in [0.2, 0.25) is 11.0 Å². The molecule has 0 aliphatic heterocycles. The zero-order valence-corrected chi connectivity index (χ0v) is 17.6. The van der Waals surface area contributed by atoms with Crippen molar-refractivity contribution in [2.24, 2.45) is 14.1 Å². The molecule has 0 atom stereocenters. The lowest BCUT2D eigenvalue weighted by Crippen LogP contribution is -2.38. The van der Waals surface area contributed by atoms with Crippen molar-refractivity contribution in [3.05, 3.63) is 31.7 Å². The third kappa shape index (κ3) is 3.83. The van der Waals surface area contributed by atoms with E-state index < -0.39 is 11.2 Å². The van der Waals surface area contributed by atoms with Gasteiger partial charge in [0.25, 0.3) is 5.56 Å². The number of carbonyl (C=O) groups excluding carboxylic acids is 1. The van der Waals surface area contributed by atoms with Crippen molar-refractivity contribution in [3.8, 4) is 0 Å². The lowest BCUT2D eigenvalue weighted by molar-refractivity contribution is -0.113. The number of rotatable bonds is 5. The monoisotopic (exact) mass is 421 g/mol. The van der Waals surface area contributed by atoms with Crippen LogP contribution in [-0.4, -0.2) is 41.0 Å². The Kier molecular flexibility index (Phi) is 5.61. The first kappa shape index (κ1) is 20.1. The first-order valence-electron chi connectivity index (χ1n) is 8.39. The van der Waals surface area contributed by atoms with E-state index in [1.807, 2.05) is 13.8 Å². The van der Waals surface area contributed by atoms with Crippen LogP contribution in [0, 0.1) is 6.92 Å². The van der Waals surface area contributed by atoms with Crippen molar-refractivity contribution >= 4 is 45.2 Å². The maximum atomic E-state index is 12.7. The molecule has 0 aromatic carbocycles. The maximum Gasteiger partial charge on any atom is 0.332 e. The second kappa shape index (κ2) is 7.80. The number of fused-ring (bicyclic) bond motifs is 1. The van der Waals surface area contributed by atoms with Crippen LogP contribution in [0.25, 0.3) is 11.0 Å². The number of aromatic nitrogens is 6. The van der Waals surface area contributed by atoms with Crippen LogP contribution in [0.5, 0.6) is 0 Å². The van der Waals surface area contributed by atoms with E-state index in [4.69, 9.17) is 0 Å². The predicted molar refractivity (Wildman–Crippen MR) is 108 cm³/mol. The second-order valence-electron chi connectivity index (χ2n) is 6.41. The molecule has 0 radical (unpaired) electrons. The fraction of sp³-hybridized carbons (Fsp3) is 0.438. The second-order valence-corrected chi connectivity index (χ2v) is 8.55. The summed E-state index contributed by atoms with van der Waals surface area (Å²) >= 11 is 2.39. The molecule has 148 valence electrons. The highest BCUT2D eigenvalue weighted by atomic mass is 32.2. The minimum absolute atomic E-state index is 0.0129. The summed E-state index contributed by atoms with van der Waals surface area (Å²) in [6.07, 6.45) is 0. The predicted octanol–water partition coefficient (Wildman–Crippen LogP) is 1.04. The molecule has 0 fully saturated rings. The molecule has 0 spiro atoms. The zero-order valence-electron chi connectivity index (χ0n) is 16.0. The van der Waals surface area contributed by atoms with Crippen LogP contribution in [-0.2, 0) is 18.9 Å². The number of hydrogen-bond acceptors (Lipinski definition) is 9. The molecular weight excluding hydrogens is 402 g/mol. The molecule has 3 aromatic rings. The Bertz CT molecular complexity index is 1180. The molecule has 28 heavy (non-hydrogen) atoms. The van der Waals surface area contributed by atoms with Gasteiger partial charge in [0, 0.05) is 20.0 Å². The number of nitrogens with zero attached hydrogens (tertiary/aromatic N) is 6. The van der Waals surface area contributed by atoms with Crippen molar-refractivity contribution in [2.45, 2.75) is 31.7 Å². The summed E-state index contributed by atoms with van der Waals surface area (Å²) in [5, 5.41) is 12.1. The Morgan fingerprint density at radius 1 is 1.18 bits per heavy atom. The Hall–Kier alpha value is -2.60. The molecule has 0 saturated carbocycles. The van der Waals surface area contributed by atoms with Gasteiger partial charge in [-0.15, -0.1) is 10.2 Å². The van der Waals surface area contributed by atoms with Gasteiger partial charge in [0.15, 0.2) is 5.65 Å². The Morgan fingerprint density at radius 2 is 1.89 bits per heavy atom. The highest BCUT2D eigenvalue weighted by Gasteiger charge is 2.19. The summed E-state index contributed by atoms with van der Waals surface area (Å²) in [6.45, 7) is 5.63. The summed E-state index contributed by atoms with van der Waals surface area (Å²) in [4.78, 5) is 46.1. The van der Waals surface area contributed by atoms with Crippen molar-refractivity contribution in [1.82, 2.24) is 29.3 Å². The standard InChI is InChI=1S/C16H19N7O3S2/c1-7(2)11-18-12-10(14(25)23(5)16(26)22(12)4)13(19-11)27-6-9(24)17-15-21-20-8(3)28-15/h7H,6H2,1-5H3,(H,17,21,24). The van der Waals surface area contributed by atoms with E-state index in [1.165, 1.54) is 23.0 Å². The van der Waals surface area contributed by atoms with Gasteiger partial charge in [0.1, 0.15) is 21.2 Å². The SMILES string of the molecule is Cc1nnc(NC(=O)CSc2nc(C(C)C)nc3c2c(=O)n(C)c(=O)n3C)s1. The number of amides is 1. The fourth-order valence-electron chi connectivity index (χ4n) is 2.44. The molecule has 0 bridgehead atoms. The minimum Gasteiger partial charge on any atom is -0.300 e. The highest BCUT2D eigenvalue weighted by molar-refractivity contribution is 8.00. The van der Waals surface area contributed by atoms with Gasteiger partial charge in [-0.3, -0.25) is 24.0 Å². The summed E-state index contributed by atoms with van der Waals surface area (Å²) in [5.74, 6) is 0.217. The number of nitrogens with one attached hydrogen (secondary N) is 1.